The Morgan fingerprint density at radius 2 is 1.46 bits per heavy atom. The van der Waals surface area contributed by atoms with E-state index in [2.05, 4.69) is 22.3 Å². The number of carbonyl (C=O) groups excluding carboxylic acids is 2. The van der Waals surface area contributed by atoms with Crippen LogP contribution < -0.4 is 5.32 Å². The Labute approximate surface area is 243 Å². The first-order chi connectivity index (χ1) is 19.7. The smallest absolute Gasteiger partial charge is 0.229 e. The van der Waals surface area contributed by atoms with Crippen molar-refractivity contribution in [1.29, 1.82) is 0 Å². The highest BCUT2D eigenvalue weighted by molar-refractivity contribution is 7.90. The molecule has 5 rings (SSSR count). The predicted octanol–water partition coefficient (Wildman–Crippen LogP) is 4.39. The van der Waals surface area contributed by atoms with Gasteiger partial charge in [-0.15, -0.1) is 0 Å². The third kappa shape index (κ3) is 7.24. The van der Waals surface area contributed by atoms with Gasteiger partial charge in [-0.3, -0.25) is 9.59 Å². The normalized spacial score (nSPS) is 18.0. The molecule has 1 N–H and O–H groups in total. The number of sulfone groups is 1. The number of piperidine rings is 1. The number of nitrogens with zero attached hydrogens (tertiary/aromatic N) is 2. The van der Waals surface area contributed by atoms with Crippen LogP contribution in [-0.2, 0) is 32.4 Å². The SMILES string of the molecule is CS(=O)(=O)c1ccc(CN2CCC3(CCN(CCC(NC(=O)Cc4ccccc4)c4ccccc4)CC3)C2=O)cc1. The van der Waals surface area contributed by atoms with Crippen molar-refractivity contribution in [1.82, 2.24) is 15.1 Å². The third-order valence-electron chi connectivity index (χ3n) is 8.62. The highest BCUT2D eigenvalue weighted by atomic mass is 32.2. The maximum absolute atomic E-state index is 13.5. The molecule has 2 aliphatic heterocycles. The predicted molar refractivity (Wildman–Crippen MR) is 160 cm³/mol. The van der Waals surface area contributed by atoms with Crippen LogP contribution >= 0.6 is 0 Å². The third-order valence-corrected chi connectivity index (χ3v) is 9.75. The summed E-state index contributed by atoms with van der Waals surface area (Å²) in [6.07, 6.45) is 4.91. The van der Waals surface area contributed by atoms with Crippen molar-refractivity contribution in [3.8, 4) is 0 Å². The van der Waals surface area contributed by atoms with E-state index in [-0.39, 0.29) is 23.3 Å². The van der Waals surface area contributed by atoms with Crippen LogP contribution in [0.15, 0.2) is 89.8 Å². The topological polar surface area (TPSA) is 86.8 Å². The van der Waals surface area contributed by atoms with Gasteiger partial charge in [-0.1, -0.05) is 72.8 Å². The van der Waals surface area contributed by atoms with Gasteiger partial charge in [0.25, 0.3) is 0 Å². The van der Waals surface area contributed by atoms with Crippen molar-refractivity contribution < 1.29 is 18.0 Å². The molecule has 3 aromatic rings. The Bertz CT molecular complexity index is 1430. The standard InChI is InChI=1S/C33H39N3O4S/c1-41(39,40)29-14-12-27(13-15-29)25-36-23-19-33(32(36)38)17-21-35(22-18-33)20-16-30(28-10-6-3-7-11-28)34-31(37)24-26-8-4-2-5-9-26/h2-15,30H,16-25H2,1H3,(H,34,37). The van der Waals surface area contributed by atoms with E-state index in [1.54, 1.807) is 24.3 Å². The second-order valence-corrected chi connectivity index (χ2v) is 13.5. The quantitative estimate of drug-likeness (QED) is 0.389. The summed E-state index contributed by atoms with van der Waals surface area (Å²) in [6, 6.07) is 26.7. The molecule has 1 unspecified atom stereocenters. The van der Waals surface area contributed by atoms with Crippen molar-refractivity contribution in [2.75, 3.05) is 32.4 Å². The van der Waals surface area contributed by atoms with Crippen LogP contribution in [0, 0.1) is 5.41 Å². The van der Waals surface area contributed by atoms with Gasteiger partial charge in [0, 0.05) is 25.9 Å². The fourth-order valence-electron chi connectivity index (χ4n) is 6.12. The Kier molecular flexibility index (Phi) is 8.90. The minimum atomic E-state index is -3.24. The van der Waals surface area contributed by atoms with Gasteiger partial charge in [-0.05, 0) is 67.6 Å². The molecule has 7 nitrogen and oxygen atoms in total. The number of benzene rings is 3. The van der Waals surface area contributed by atoms with Gasteiger partial charge in [0.1, 0.15) is 0 Å². The van der Waals surface area contributed by atoms with Crippen LogP contribution in [0.1, 0.15) is 48.4 Å². The Morgan fingerprint density at radius 3 is 2.10 bits per heavy atom. The molecule has 2 amide bonds. The van der Waals surface area contributed by atoms with Gasteiger partial charge in [-0.25, -0.2) is 8.42 Å². The lowest BCUT2D eigenvalue weighted by Crippen LogP contribution is -2.45. The summed E-state index contributed by atoms with van der Waals surface area (Å²) < 4.78 is 23.5. The molecule has 0 bridgehead atoms. The summed E-state index contributed by atoms with van der Waals surface area (Å²) in [5.74, 6) is 0.241. The first kappa shape index (κ1) is 29.0. The average Bonchev–Trinajstić information content (AvgIpc) is 3.26. The van der Waals surface area contributed by atoms with Crippen molar-refractivity contribution in [3.63, 3.8) is 0 Å². The Balaban J connectivity index is 1.14. The molecule has 1 atom stereocenters. The summed E-state index contributed by atoms with van der Waals surface area (Å²) >= 11 is 0. The number of likely N-dealkylation sites (tertiary alicyclic amines) is 2. The number of hydrogen-bond donors (Lipinski definition) is 1. The number of amides is 2. The van der Waals surface area contributed by atoms with E-state index >= 15 is 0 Å². The molecule has 2 heterocycles. The van der Waals surface area contributed by atoms with Crippen LogP contribution in [0.3, 0.4) is 0 Å². The molecule has 0 radical (unpaired) electrons. The van der Waals surface area contributed by atoms with Gasteiger partial charge >= 0.3 is 0 Å². The minimum Gasteiger partial charge on any atom is -0.349 e. The van der Waals surface area contributed by atoms with Crippen molar-refractivity contribution in [3.05, 3.63) is 102 Å². The summed E-state index contributed by atoms with van der Waals surface area (Å²) in [5.41, 5.74) is 2.75. The van der Waals surface area contributed by atoms with Crippen LogP contribution in [0.25, 0.3) is 0 Å². The maximum atomic E-state index is 13.5. The first-order valence-corrected chi connectivity index (χ1v) is 16.3. The Morgan fingerprint density at radius 1 is 0.854 bits per heavy atom. The average molecular weight is 574 g/mol. The van der Waals surface area contributed by atoms with E-state index in [1.165, 1.54) is 6.26 Å². The second kappa shape index (κ2) is 12.6. The molecule has 41 heavy (non-hydrogen) atoms. The number of carbonyl (C=O) groups is 2. The first-order valence-electron chi connectivity index (χ1n) is 14.4. The molecule has 2 fully saturated rings. The molecule has 1 spiro atoms. The zero-order valence-corrected chi connectivity index (χ0v) is 24.5. The van der Waals surface area contributed by atoms with Gasteiger partial charge < -0.3 is 15.1 Å². The molecule has 0 aliphatic carbocycles. The largest absolute Gasteiger partial charge is 0.349 e. The zero-order chi connectivity index (χ0) is 28.9. The molecular formula is C33H39N3O4S. The summed E-state index contributed by atoms with van der Waals surface area (Å²) in [4.78, 5) is 31.0. The molecule has 216 valence electrons. The molecule has 2 saturated heterocycles. The van der Waals surface area contributed by atoms with Crippen LogP contribution in [0.2, 0.25) is 0 Å². The Hall–Kier alpha value is -3.49. The number of hydrogen-bond acceptors (Lipinski definition) is 5. The summed E-state index contributed by atoms with van der Waals surface area (Å²) in [6.45, 7) is 3.82. The monoisotopic (exact) mass is 573 g/mol. The number of rotatable bonds is 10. The molecule has 8 heteroatoms. The van der Waals surface area contributed by atoms with Gasteiger partial charge in [0.2, 0.25) is 11.8 Å². The van der Waals surface area contributed by atoms with Crippen LogP contribution in [0.4, 0.5) is 0 Å². The number of nitrogens with one attached hydrogen (secondary N) is 1. The van der Waals surface area contributed by atoms with Crippen molar-refractivity contribution in [2.24, 2.45) is 5.41 Å². The van der Waals surface area contributed by atoms with E-state index in [1.807, 2.05) is 53.4 Å². The molecule has 0 aromatic heterocycles. The minimum absolute atomic E-state index is 0.0188. The zero-order valence-electron chi connectivity index (χ0n) is 23.7. The fraction of sp³-hybridized carbons (Fsp3) is 0.394. The maximum Gasteiger partial charge on any atom is 0.229 e. The molecular weight excluding hydrogens is 534 g/mol. The van der Waals surface area contributed by atoms with Crippen molar-refractivity contribution >= 4 is 21.7 Å². The van der Waals surface area contributed by atoms with E-state index in [0.29, 0.717) is 17.9 Å². The van der Waals surface area contributed by atoms with Crippen LogP contribution in [0.5, 0.6) is 0 Å². The lowest BCUT2D eigenvalue weighted by atomic mass is 9.77. The van der Waals surface area contributed by atoms with E-state index in [4.69, 9.17) is 0 Å². The molecule has 3 aromatic carbocycles. The van der Waals surface area contributed by atoms with E-state index < -0.39 is 9.84 Å². The second-order valence-electron chi connectivity index (χ2n) is 11.5. The van der Waals surface area contributed by atoms with E-state index in [9.17, 15) is 18.0 Å². The van der Waals surface area contributed by atoms with Crippen molar-refractivity contribution in [2.45, 2.75) is 49.6 Å². The lowest BCUT2D eigenvalue weighted by molar-refractivity contribution is -0.139. The highest BCUT2D eigenvalue weighted by Crippen LogP contribution is 2.42. The van der Waals surface area contributed by atoms with Gasteiger partial charge in [0.15, 0.2) is 9.84 Å². The van der Waals surface area contributed by atoms with Gasteiger partial charge in [0.05, 0.1) is 22.8 Å². The summed E-state index contributed by atoms with van der Waals surface area (Å²) in [7, 11) is -3.24. The lowest BCUT2D eigenvalue weighted by Gasteiger charge is -2.38. The van der Waals surface area contributed by atoms with Gasteiger partial charge in [-0.2, -0.15) is 0 Å². The molecule has 2 aliphatic rings. The fourth-order valence-corrected chi connectivity index (χ4v) is 6.75. The van der Waals surface area contributed by atoms with Crippen LogP contribution in [-0.4, -0.2) is 62.5 Å². The summed E-state index contributed by atoms with van der Waals surface area (Å²) in [5, 5.41) is 3.26. The molecule has 0 saturated carbocycles. The van der Waals surface area contributed by atoms with E-state index in [0.717, 1.165) is 68.6 Å². The highest BCUT2D eigenvalue weighted by Gasteiger charge is 2.47.